The van der Waals surface area contributed by atoms with E-state index < -0.39 is 11.6 Å². The summed E-state index contributed by atoms with van der Waals surface area (Å²) in [4.78, 5) is 15.3. The first-order valence-corrected chi connectivity index (χ1v) is 11.1. The van der Waals surface area contributed by atoms with E-state index in [1.54, 1.807) is 22.9 Å². The van der Waals surface area contributed by atoms with Crippen LogP contribution in [0.5, 0.6) is 0 Å². The molecule has 2 unspecified atom stereocenters. The van der Waals surface area contributed by atoms with Gasteiger partial charge in [0.05, 0.1) is 30.2 Å². The van der Waals surface area contributed by atoms with E-state index in [2.05, 4.69) is 26.8 Å². The van der Waals surface area contributed by atoms with Crippen LogP contribution < -0.4 is 16.2 Å². The van der Waals surface area contributed by atoms with Crippen LogP contribution in [0.1, 0.15) is 24.4 Å². The van der Waals surface area contributed by atoms with Crippen molar-refractivity contribution in [3.63, 3.8) is 0 Å². The standard InChI is InChI=1S/C23H23F3N6O2/c24-23(25,26)22(7-9-28-13-22)15-1-3-16(4-2-15)30-20-19-17(5-8-29-21(19)33)32(31-20)18-12-34-10-6-14(18)11-27/h1-5,8,14,18,28H,6-7,9-10,12-13H2,(H,29,33)(H,30,31)/t14-,18?,22?/m1/s1. The fraction of sp³-hybridized carbons (Fsp3) is 0.435. The Bertz CT molecular complexity index is 1290. The molecule has 2 saturated heterocycles. The summed E-state index contributed by atoms with van der Waals surface area (Å²) in [6.07, 6.45) is -2.31. The summed E-state index contributed by atoms with van der Waals surface area (Å²) in [5.74, 6) is -0.0539. The maximum Gasteiger partial charge on any atom is 0.399 e. The summed E-state index contributed by atoms with van der Waals surface area (Å²) in [5.41, 5.74) is -1.03. The number of ether oxygens (including phenoxy) is 1. The number of rotatable bonds is 4. The quantitative estimate of drug-likeness (QED) is 0.538. The van der Waals surface area contributed by atoms with Gasteiger partial charge in [-0.1, -0.05) is 12.1 Å². The lowest BCUT2D eigenvalue weighted by atomic mass is 9.79. The lowest BCUT2D eigenvalue weighted by molar-refractivity contribution is -0.184. The van der Waals surface area contributed by atoms with Gasteiger partial charge in [0.2, 0.25) is 0 Å². The van der Waals surface area contributed by atoms with E-state index in [9.17, 15) is 23.2 Å². The largest absolute Gasteiger partial charge is 0.399 e. The minimum absolute atomic E-state index is 0.0167. The van der Waals surface area contributed by atoms with Crippen molar-refractivity contribution < 1.29 is 17.9 Å². The first-order valence-electron chi connectivity index (χ1n) is 11.1. The van der Waals surface area contributed by atoms with Crippen LogP contribution in [-0.4, -0.2) is 47.2 Å². The van der Waals surface area contributed by atoms with Crippen LogP contribution in [0.4, 0.5) is 24.7 Å². The molecule has 0 aliphatic carbocycles. The zero-order chi connectivity index (χ0) is 23.9. The summed E-state index contributed by atoms with van der Waals surface area (Å²) < 4.78 is 48.8. The number of nitrogens with zero attached hydrogens (tertiary/aromatic N) is 3. The Hall–Kier alpha value is -3.36. The molecule has 11 heteroatoms. The zero-order valence-corrected chi connectivity index (χ0v) is 18.2. The molecule has 34 heavy (non-hydrogen) atoms. The molecular weight excluding hydrogens is 449 g/mol. The van der Waals surface area contributed by atoms with Crippen LogP contribution in [0.3, 0.4) is 0 Å². The third-order valence-corrected chi connectivity index (χ3v) is 6.83. The highest BCUT2D eigenvalue weighted by atomic mass is 19.4. The van der Waals surface area contributed by atoms with E-state index in [-0.39, 0.29) is 41.9 Å². The van der Waals surface area contributed by atoms with Gasteiger partial charge in [0, 0.05) is 25.0 Å². The average molecular weight is 472 g/mol. The van der Waals surface area contributed by atoms with Gasteiger partial charge in [0.15, 0.2) is 5.82 Å². The minimum Gasteiger partial charge on any atom is -0.379 e. The lowest BCUT2D eigenvalue weighted by Gasteiger charge is -2.31. The third kappa shape index (κ3) is 3.63. The predicted octanol–water partition coefficient (Wildman–Crippen LogP) is 3.36. The Kier molecular flexibility index (Phi) is 5.58. The Balaban J connectivity index is 1.50. The second-order valence-electron chi connectivity index (χ2n) is 8.74. The summed E-state index contributed by atoms with van der Waals surface area (Å²) in [5, 5.41) is 20.4. The smallest absolute Gasteiger partial charge is 0.379 e. The molecule has 2 aliphatic heterocycles. The zero-order valence-electron chi connectivity index (χ0n) is 18.2. The molecule has 3 aromatic rings. The molecule has 0 radical (unpaired) electrons. The van der Waals surface area contributed by atoms with Crippen molar-refractivity contribution in [1.82, 2.24) is 20.1 Å². The second-order valence-corrected chi connectivity index (χ2v) is 8.74. The van der Waals surface area contributed by atoms with E-state index in [0.717, 1.165) is 0 Å². The number of hydrogen-bond acceptors (Lipinski definition) is 6. The molecule has 4 heterocycles. The van der Waals surface area contributed by atoms with Gasteiger partial charge in [-0.05, 0) is 43.1 Å². The molecule has 178 valence electrons. The average Bonchev–Trinajstić information content (AvgIpc) is 3.47. The summed E-state index contributed by atoms with van der Waals surface area (Å²) >= 11 is 0. The Morgan fingerprint density at radius 2 is 2.06 bits per heavy atom. The summed E-state index contributed by atoms with van der Waals surface area (Å²) in [6, 6.07) is 9.70. The molecule has 2 fully saturated rings. The number of alkyl halides is 3. The maximum atomic E-state index is 13.9. The predicted molar refractivity (Wildman–Crippen MR) is 119 cm³/mol. The maximum absolute atomic E-state index is 13.9. The first kappa shape index (κ1) is 22.4. The molecule has 5 rings (SSSR count). The molecule has 1 aromatic carbocycles. The third-order valence-electron chi connectivity index (χ3n) is 6.83. The number of nitrogens with one attached hydrogen (secondary N) is 3. The molecule has 0 saturated carbocycles. The van der Waals surface area contributed by atoms with Gasteiger partial charge < -0.3 is 20.4 Å². The number of anilines is 2. The minimum atomic E-state index is -4.37. The van der Waals surface area contributed by atoms with E-state index in [1.165, 1.54) is 18.3 Å². The van der Waals surface area contributed by atoms with Crippen molar-refractivity contribution in [3.05, 3.63) is 52.4 Å². The summed E-state index contributed by atoms with van der Waals surface area (Å²) in [7, 11) is 0. The van der Waals surface area contributed by atoms with Crippen molar-refractivity contribution >= 4 is 22.4 Å². The fourth-order valence-electron chi connectivity index (χ4n) is 4.91. The number of H-pyrrole nitrogens is 1. The van der Waals surface area contributed by atoms with Crippen LogP contribution in [0.2, 0.25) is 0 Å². The number of hydrogen-bond donors (Lipinski definition) is 3. The van der Waals surface area contributed by atoms with Crippen molar-refractivity contribution in [2.45, 2.75) is 30.5 Å². The van der Waals surface area contributed by atoms with Gasteiger partial charge in [0.1, 0.15) is 10.8 Å². The monoisotopic (exact) mass is 472 g/mol. The van der Waals surface area contributed by atoms with Crippen LogP contribution in [0, 0.1) is 17.2 Å². The molecule has 0 bridgehead atoms. The molecule has 8 nitrogen and oxygen atoms in total. The number of fused-ring (bicyclic) bond motifs is 1. The Morgan fingerprint density at radius 1 is 1.26 bits per heavy atom. The summed E-state index contributed by atoms with van der Waals surface area (Å²) in [6.45, 7) is 0.932. The van der Waals surface area contributed by atoms with Crippen LogP contribution >= 0.6 is 0 Å². The van der Waals surface area contributed by atoms with Crippen molar-refractivity contribution in [2.24, 2.45) is 5.92 Å². The van der Waals surface area contributed by atoms with Gasteiger partial charge in [0.25, 0.3) is 5.56 Å². The molecule has 3 atom stereocenters. The van der Waals surface area contributed by atoms with Gasteiger partial charge in [-0.3, -0.25) is 9.48 Å². The fourth-order valence-corrected chi connectivity index (χ4v) is 4.91. The van der Waals surface area contributed by atoms with E-state index >= 15 is 0 Å². The number of pyridine rings is 1. The van der Waals surface area contributed by atoms with E-state index in [0.29, 0.717) is 42.8 Å². The van der Waals surface area contributed by atoms with Gasteiger partial charge in [-0.15, -0.1) is 0 Å². The van der Waals surface area contributed by atoms with Crippen molar-refractivity contribution in [3.8, 4) is 6.07 Å². The number of benzene rings is 1. The molecule has 2 aromatic heterocycles. The van der Waals surface area contributed by atoms with E-state index in [1.807, 2.05) is 0 Å². The lowest BCUT2D eigenvalue weighted by Crippen LogP contribution is -2.44. The van der Waals surface area contributed by atoms with Crippen LogP contribution in [0.25, 0.3) is 10.9 Å². The van der Waals surface area contributed by atoms with Crippen LogP contribution in [0.15, 0.2) is 41.3 Å². The number of halogens is 3. The highest BCUT2D eigenvalue weighted by molar-refractivity contribution is 5.91. The van der Waals surface area contributed by atoms with Crippen molar-refractivity contribution in [2.75, 3.05) is 31.6 Å². The molecular formula is C23H23F3N6O2. The molecule has 3 N–H and O–H groups in total. The van der Waals surface area contributed by atoms with Gasteiger partial charge >= 0.3 is 6.18 Å². The molecule has 0 spiro atoms. The Labute approximate surface area is 192 Å². The van der Waals surface area contributed by atoms with Crippen LogP contribution in [-0.2, 0) is 10.2 Å². The normalized spacial score (nSPS) is 25.4. The molecule has 0 amide bonds. The topological polar surface area (TPSA) is 108 Å². The number of aromatic amines is 1. The SMILES string of the molecule is N#C[C@H]1CCOCC1n1nc(Nc2ccc(C3(C(F)(F)F)CCNC3)cc2)c2c(=O)[nH]ccc21. The highest BCUT2D eigenvalue weighted by Gasteiger charge is 2.57. The van der Waals surface area contributed by atoms with Gasteiger partial charge in [-0.2, -0.15) is 23.5 Å². The Morgan fingerprint density at radius 3 is 2.74 bits per heavy atom. The number of aromatic nitrogens is 3. The highest BCUT2D eigenvalue weighted by Crippen LogP contribution is 2.45. The van der Waals surface area contributed by atoms with Crippen molar-refractivity contribution in [1.29, 1.82) is 5.26 Å². The number of nitriles is 1. The molecule has 2 aliphatic rings. The van der Waals surface area contributed by atoms with Gasteiger partial charge in [-0.25, -0.2) is 0 Å². The second kappa shape index (κ2) is 8.45. The first-order chi connectivity index (χ1) is 16.3. The van der Waals surface area contributed by atoms with E-state index in [4.69, 9.17) is 4.74 Å².